The molecule has 2 fully saturated rings. The summed E-state index contributed by atoms with van der Waals surface area (Å²) in [5.41, 5.74) is 6.82. The molecule has 65 heavy (non-hydrogen) atoms. The Hall–Kier alpha value is -6.76. The maximum atomic E-state index is 16.7. The lowest BCUT2D eigenvalue weighted by molar-refractivity contribution is -0.136. The van der Waals surface area contributed by atoms with Gasteiger partial charge in [-0.25, -0.2) is 28.9 Å². The second-order valence-corrected chi connectivity index (χ2v) is 18.1. The van der Waals surface area contributed by atoms with Crippen LogP contribution in [-0.4, -0.2) is 103 Å². The number of aromatic amines is 2. The smallest absolute Gasteiger partial charge is 0.407 e. The first-order chi connectivity index (χ1) is 31.3. The zero-order chi connectivity index (χ0) is 45.7. The Morgan fingerprint density at radius 2 is 1.38 bits per heavy atom. The Bertz CT molecular complexity index is 2760. The lowest BCUT2D eigenvalue weighted by atomic mass is 10.0. The van der Waals surface area contributed by atoms with Gasteiger partial charge in [0.05, 0.1) is 72.4 Å². The van der Waals surface area contributed by atoms with Crippen LogP contribution in [0.25, 0.3) is 44.7 Å². The van der Waals surface area contributed by atoms with Gasteiger partial charge in [-0.2, -0.15) is 0 Å². The molecular formula is C46H51FN10O7S. The third-order valence-corrected chi connectivity index (χ3v) is 13.2. The van der Waals surface area contributed by atoms with E-state index in [1.54, 1.807) is 33.8 Å². The van der Waals surface area contributed by atoms with E-state index in [1.165, 1.54) is 31.6 Å². The first-order valence-corrected chi connectivity index (χ1v) is 22.7. The fraction of sp³-hybridized carbons (Fsp3) is 0.413. The van der Waals surface area contributed by atoms with Gasteiger partial charge in [-0.05, 0) is 67.9 Å². The number of methoxy groups -OCH3 is 2. The van der Waals surface area contributed by atoms with E-state index in [1.807, 2.05) is 61.9 Å². The van der Waals surface area contributed by atoms with Gasteiger partial charge in [0.2, 0.25) is 18.0 Å². The summed E-state index contributed by atoms with van der Waals surface area (Å²) in [6.07, 6.45) is 4.30. The lowest BCUT2D eigenvalue weighted by Gasteiger charge is -2.30. The lowest BCUT2D eigenvalue weighted by Crippen LogP contribution is -2.51. The van der Waals surface area contributed by atoms with E-state index in [2.05, 4.69) is 30.6 Å². The average molecular weight is 907 g/mol. The fourth-order valence-electron chi connectivity index (χ4n) is 9.33. The molecule has 5 atom stereocenters. The van der Waals surface area contributed by atoms with Gasteiger partial charge in [0.1, 0.15) is 41.0 Å². The number of aromatic nitrogens is 6. The number of likely N-dealkylation sites (tertiary alicyclic amines) is 2. The zero-order valence-electron chi connectivity index (χ0n) is 36.9. The van der Waals surface area contributed by atoms with Crippen molar-refractivity contribution in [1.82, 2.24) is 49.9 Å². The molecule has 7 heterocycles. The molecule has 4 N–H and O–H groups in total. The van der Waals surface area contributed by atoms with Crippen molar-refractivity contribution >= 4 is 46.2 Å². The van der Waals surface area contributed by atoms with Gasteiger partial charge in [0.25, 0.3) is 0 Å². The summed E-state index contributed by atoms with van der Waals surface area (Å²) in [4.78, 5) is 76.0. The van der Waals surface area contributed by atoms with E-state index in [0.29, 0.717) is 65.1 Å². The molecule has 4 amide bonds. The van der Waals surface area contributed by atoms with Crippen molar-refractivity contribution in [2.45, 2.75) is 83.8 Å². The highest BCUT2D eigenvalue weighted by Crippen LogP contribution is 2.47. The van der Waals surface area contributed by atoms with Crippen molar-refractivity contribution in [3.63, 3.8) is 0 Å². The minimum absolute atomic E-state index is 0.154. The molecule has 0 radical (unpaired) electrons. The zero-order valence-corrected chi connectivity index (χ0v) is 37.7. The monoisotopic (exact) mass is 906 g/mol. The van der Waals surface area contributed by atoms with Crippen LogP contribution in [0.15, 0.2) is 59.7 Å². The Morgan fingerprint density at radius 1 is 0.800 bits per heavy atom. The summed E-state index contributed by atoms with van der Waals surface area (Å²) in [6, 6.07) is 9.01. The van der Waals surface area contributed by atoms with Crippen LogP contribution in [0.5, 0.6) is 5.75 Å². The van der Waals surface area contributed by atoms with E-state index in [-0.39, 0.29) is 35.7 Å². The molecule has 19 heteroatoms. The molecule has 2 aromatic carbocycles. The highest BCUT2D eigenvalue weighted by molar-refractivity contribution is 7.07. The van der Waals surface area contributed by atoms with Crippen LogP contribution in [0.3, 0.4) is 0 Å². The number of carbonyl (C=O) groups excluding carboxylic acids is 4. The predicted molar refractivity (Wildman–Crippen MR) is 239 cm³/mol. The van der Waals surface area contributed by atoms with Crippen molar-refractivity contribution in [2.75, 3.05) is 27.3 Å². The van der Waals surface area contributed by atoms with Crippen LogP contribution in [0.2, 0.25) is 0 Å². The van der Waals surface area contributed by atoms with Gasteiger partial charge in [0, 0.05) is 35.0 Å². The number of alkyl carbamates (subject to hydrolysis) is 2. The van der Waals surface area contributed by atoms with Crippen molar-refractivity contribution < 1.29 is 37.8 Å². The second kappa shape index (κ2) is 17.7. The summed E-state index contributed by atoms with van der Waals surface area (Å²) in [5, 5.41) is 8.13. The Labute approximate surface area is 378 Å². The van der Waals surface area contributed by atoms with E-state index in [0.717, 1.165) is 41.4 Å². The van der Waals surface area contributed by atoms with Crippen molar-refractivity contribution in [3.8, 4) is 39.5 Å². The topological polar surface area (TPSA) is 202 Å². The molecule has 17 nitrogen and oxygen atoms in total. The molecule has 0 saturated carbocycles. The summed E-state index contributed by atoms with van der Waals surface area (Å²) >= 11 is 1.44. The number of H-pyrrole nitrogens is 2. The number of amides is 4. The van der Waals surface area contributed by atoms with Crippen LogP contribution >= 0.6 is 11.3 Å². The van der Waals surface area contributed by atoms with E-state index >= 15 is 4.39 Å². The Morgan fingerprint density at radius 3 is 1.92 bits per heavy atom. The van der Waals surface area contributed by atoms with E-state index in [4.69, 9.17) is 19.2 Å². The molecule has 0 bridgehead atoms. The largest absolute Gasteiger partial charge is 0.463 e. The molecule has 3 aliphatic heterocycles. The summed E-state index contributed by atoms with van der Waals surface area (Å²) in [5.74, 6) is 0.324. The van der Waals surface area contributed by atoms with Crippen molar-refractivity contribution in [1.29, 1.82) is 0 Å². The molecule has 4 aromatic heterocycles. The number of thiazole rings is 1. The number of ether oxygens (including phenoxy) is 3. The van der Waals surface area contributed by atoms with Crippen LogP contribution in [0.1, 0.15) is 89.0 Å². The van der Waals surface area contributed by atoms with Crippen LogP contribution in [0, 0.1) is 17.7 Å². The average Bonchev–Trinajstić information content (AvgIpc) is 4.15. The van der Waals surface area contributed by atoms with Gasteiger partial charge >= 0.3 is 12.2 Å². The third-order valence-electron chi connectivity index (χ3n) is 12.6. The van der Waals surface area contributed by atoms with Gasteiger partial charge in [-0.1, -0.05) is 33.8 Å². The first-order valence-electron chi connectivity index (χ1n) is 21.8. The summed E-state index contributed by atoms with van der Waals surface area (Å²) in [6.45, 7) is 8.53. The molecule has 2 saturated heterocycles. The highest BCUT2D eigenvalue weighted by atomic mass is 32.1. The number of nitrogens with zero attached hydrogens (tertiary/aromatic N) is 6. The number of hydrogen-bond donors (Lipinski definition) is 4. The van der Waals surface area contributed by atoms with Crippen molar-refractivity contribution in [2.24, 2.45) is 11.8 Å². The Balaban J connectivity index is 1.01. The second-order valence-electron chi connectivity index (χ2n) is 17.3. The SMILES string of the molecule is COC(=O)NC(C(=O)N1CCC[C@H]1c1ncc(-c2cc(F)c3c(c2)OC(c2cscn2)n2c-3cc3cc(-c4cnc([C@@H]5CCCN5C(=O)C(NC(=O)OC)C(C)C)[nH]4)ccc32)[nH]1)C(C)C. The molecule has 340 valence electrons. The molecule has 0 spiro atoms. The number of benzene rings is 2. The molecule has 0 aliphatic carbocycles. The third kappa shape index (κ3) is 8.06. The van der Waals surface area contributed by atoms with Crippen LogP contribution in [0.4, 0.5) is 14.0 Å². The fourth-order valence-corrected chi connectivity index (χ4v) is 9.89. The molecule has 3 aliphatic rings. The van der Waals surface area contributed by atoms with E-state index in [9.17, 15) is 19.2 Å². The number of rotatable bonds is 11. The minimum Gasteiger partial charge on any atom is -0.463 e. The summed E-state index contributed by atoms with van der Waals surface area (Å²) in [7, 11) is 2.54. The number of halogens is 1. The van der Waals surface area contributed by atoms with Gasteiger partial charge in [-0.3, -0.25) is 14.2 Å². The first kappa shape index (κ1) is 43.5. The highest BCUT2D eigenvalue weighted by Gasteiger charge is 2.40. The van der Waals surface area contributed by atoms with Gasteiger partial charge in [-0.15, -0.1) is 11.3 Å². The molecular weight excluding hydrogens is 856 g/mol. The van der Waals surface area contributed by atoms with Crippen LogP contribution < -0.4 is 15.4 Å². The van der Waals surface area contributed by atoms with Crippen LogP contribution in [-0.2, 0) is 19.1 Å². The number of imidazole rings is 2. The number of nitrogens with one attached hydrogen (secondary N) is 4. The minimum atomic E-state index is -0.773. The number of carbonyl (C=O) groups is 4. The van der Waals surface area contributed by atoms with Gasteiger partial charge < -0.3 is 44.6 Å². The Kier molecular flexibility index (Phi) is 11.8. The molecule has 3 unspecified atom stereocenters. The summed E-state index contributed by atoms with van der Waals surface area (Å²) < 4.78 is 34.9. The van der Waals surface area contributed by atoms with Crippen molar-refractivity contribution in [3.05, 3.63) is 82.8 Å². The maximum Gasteiger partial charge on any atom is 0.407 e. The van der Waals surface area contributed by atoms with Gasteiger partial charge in [0.15, 0.2) is 0 Å². The standard InChI is InChI=1S/C46H51FN10O7S/c1-23(2)38(53-45(60)62-5)42(58)55-13-7-9-33(55)40-48-19-29(51-40)25-11-12-32-27(15-25)17-35-37-28(47)16-26(18-36(37)64-44(57(32)35)31-21-65-22-50-31)30-20-49-41(52-30)34-10-8-14-56(34)43(59)39(24(3)4)54-46(61)63-6/h11-12,15-24,33-34,38-39,44H,7-10,13-14H2,1-6H3,(H,48,51)(H,49,52)(H,53,60)(H,54,61)/t33-,34-,38?,39?,44?/m0/s1. The molecule has 6 aromatic rings. The maximum absolute atomic E-state index is 16.7. The predicted octanol–water partition coefficient (Wildman–Crippen LogP) is 7.71. The normalized spacial score (nSPS) is 18.9. The number of fused-ring (bicyclic) bond motifs is 5. The number of hydrogen-bond acceptors (Lipinski definition) is 11. The van der Waals surface area contributed by atoms with E-state index < -0.39 is 36.3 Å². The molecule has 9 rings (SSSR count). The quantitative estimate of drug-likeness (QED) is 0.0998.